The van der Waals surface area contributed by atoms with Gasteiger partial charge in [0.2, 0.25) is 5.91 Å². The standard InChI is InChI=1S/C15H21N3OS.ClH/c1-2-9-16-10-11-17-14(19)7-8-15-18-12-5-3-4-6-13(12)20-15;/h3-6,16H,2,7-11H2,1H3,(H,17,19);1H. The molecule has 6 heteroatoms. The number of rotatable bonds is 8. The molecule has 1 aromatic heterocycles. The van der Waals surface area contributed by atoms with E-state index in [0.29, 0.717) is 19.4 Å². The van der Waals surface area contributed by atoms with Crippen LogP contribution in [-0.2, 0) is 11.2 Å². The molecule has 2 N–H and O–H groups in total. The molecule has 0 aliphatic rings. The molecule has 0 spiro atoms. The van der Waals surface area contributed by atoms with Gasteiger partial charge in [-0.2, -0.15) is 0 Å². The van der Waals surface area contributed by atoms with Gasteiger partial charge in [0.1, 0.15) is 0 Å². The van der Waals surface area contributed by atoms with Crippen molar-refractivity contribution in [1.82, 2.24) is 15.6 Å². The largest absolute Gasteiger partial charge is 0.355 e. The molecule has 0 fully saturated rings. The van der Waals surface area contributed by atoms with Gasteiger partial charge in [-0.15, -0.1) is 23.7 Å². The first-order chi connectivity index (χ1) is 9.79. The summed E-state index contributed by atoms with van der Waals surface area (Å²) in [5.41, 5.74) is 1.02. The third kappa shape index (κ3) is 5.99. The van der Waals surface area contributed by atoms with Gasteiger partial charge in [0, 0.05) is 25.9 Å². The summed E-state index contributed by atoms with van der Waals surface area (Å²) in [5.74, 6) is 0.0996. The van der Waals surface area contributed by atoms with Crippen molar-refractivity contribution in [2.24, 2.45) is 0 Å². The van der Waals surface area contributed by atoms with E-state index >= 15 is 0 Å². The maximum absolute atomic E-state index is 11.7. The number of halogens is 1. The molecule has 1 heterocycles. The summed E-state index contributed by atoms with van der Waals surface area (Å²) in [4.78, 5) is 16.2. The lowest BCUT2D eigenvalue weighted by Crippen LogP contribution is -2.32. The molecule has 0 bridgehead atoms. The van der Waals surface area contributed by atoms with Crippen LogP contribution in [0.4, 0.5) is 0 Å². The predicted octanol–water partition coefficient (Wildman–Crippen LogP) is 2.77. The van der Waals surface area contributed by atoms with Crippen molar-refractivity contribution in [1.29, 1.82) is 0 Å². The van der Waals surface area contributed by atoms with Gasteiger partial charge in [-0.05, 0) is 25.1 Å². The first kappa shape index (κ1) is 17.9. The number of benzene rings is 1. The minimum Gasteiger partial charge on any atom is -0.355 e. The van der Waals surface area contributed by atoms with Crippen LogP contribution in [0.3, 0.4) is 0 Å². The summed E-state index contributed by atoms with van der Waals surface area (Å²) in [6.45, 7) is 4.66. The normalized spacial score (nSPS) is 10.3. The Labute approximate surface area is 135 Å². The van der Waals surface area contributed by atoms with E-state index in [-0.39, 0.29) is 18.3 Å². The quantitative estimate of drug-likeness (QED) is 0.733. The Balaban J connectivity index is 0.00000220. The van der Waals surface area contributed by atoms with Crippen LogP contribution in [0.25, 0.3) is 10.2 Å². The highest BCUT2D eigenvalue weighted by Gasteiger charge is 2.06. The number of hydrogen-bond donors (Lipinski definition) is 2. The van der Waals surface area contributed by atoms with Gasteiger partial charge in [-0.1, -0.05) is 19.1 Å². The molecule has 0 atom stereocenters. The van der Waals surface area contributed by atoms with E-state index in [1.165, 1.54) is 4.70 Å². The van der Waals surface area contributed by atoms with Crippen LogP contribution in [0.5, 0.6) is 0 Å². The van der Waals surface area contributed by atoms with Crippen molar-refractivity contribution < 1.29 is 4.79 Å². The summed E-state index contributed by atoms with van der Waals surface area (Å²) in [6.07, 6.45) is 2.34. The van der Waals surface area contributed by atoms with E-state index in [1.54, 1.807) is 11.3 Å². The Kier molecular flexibility index (Phi) is 8.27. The maximum atomic E-state index is 11.7. The van der Waals surface area contributed by atoms with Crippen LogP contribution in [0.2, 0.25) is 0 Å². The van der Waals surface area contributed by atoms with E-state index in [4.69, 9.17) is 0 Å². The lowest BCUT2D eigenvalue weighted by atomic mass is 10.3. The number of amides is 1. The number of carbonyl (C=O) groups is 1. The summed E-state index contributed by atoms with van der Waals surface area (Å²) >= 11 is 1.67. The third-order valence-electron chi connectivity index (χ3n) is 2.95. The Morgan fingerprint density at radius 1 is 1.24 bits per heavy atom. The number of fused-ring (bicyclic) bond motifs is 1. The van der Waals surface area contributed by atoms with Crippen molar-refractivity contribution >= 4 is 39.9 Å². The van der Waals surface area contributed by atoms with Gasteiger partial charge in [0.05, 0.1) is 15.2 Å². The fraction of sp³-hybridized carbons (Fsp3) is 0.467. The summed E-state index contributed by atoms with van der Waals surface area (Å²) in [5, 5.41) is 7.21. The number of nitrogens with one attached hydrogen (secondary N) is 2. The van der Waals surface area contributed by atoms with Crippen LogP contribution in [0.1, 0.15) is 24.8 Å². The monoisotopic (exact) mass is 327 g/mol. The SMILES string of the molecule is CCCNCCNC(=O)CCc1nc2ccccc2s1.Cl. The minimum absolute atomic E-state index is 0. The molecule has 21 heavy (non-hydrogen) atoms. The zero-order valence-corrected chi connectivity index (χ0v) is 13.9. The van der Waals surface area contributed by atoms with E-state index in [1.807, 2.05) is 18.2 Å². The Morgan fingerprint density at radius 3 is 2.81 bits per heavy atom. The highest BCUT2D eigenvalue weighted by Crippen LogP contribution is 2.22. The van der Waals surface area contributed by atoms with Crippen LogP contribution in [-0.4, -0.2) is 30.5 Å². The predicted molar refractivity (Wildman–Crippen MR) is 91.4 cm³/mol. The molecule has 4 nitrogen and oxygen atoms in total. The molecule has 116 valence electrons. The van der Waals surface area contributed by atoms with E-state index in [9.17, 15) is 4.79 Å². The zero-order valence-electron chi connectivity index (χ0n) is 12.2. The molecule has 0 saturated heterocycles. The van der Waals surface area contributed by atoms with Gasteiger partial charge in [0.15, 0.2) is 0 Å². The van der Waals surface area contributed by atoms with Crippen LogP contribution >= 0.6 is 23.7 Å². The average Bonchev–Trinajstić information content (AvgIpc) is 2.88. The first-order valence-corrected chi connectivity index (χ1v) is 7.93. The molecular weight excluding hydrogens is 306 g/mol. The van der Waals surface area contributed by atoms with Gasteiger partial charge in [-0.25, -0.2) is 4.98 Å². The van der Waals surface area contributed by atoms with Crippen LogP contribution < -0.4 is 10.6 Å². The molecule has 1 aromatic carbocycles. The second kappa shape index (κ2) is 9.71. The Hall–Kier alpha value is -1.17. The van der Waals surface area contributed by atoms with Crippen molar-refractivity contribution in [2.75, 3.05) is 19.6 Å². The van der Waals surface area contributed by atoms with E-state index in [0.717, 1.165) is 30.0 Å². The van der Waals surface area contributed by atoms with Crippen LogP contribution in [0.15, 0.2) is 24.3 Å². The molecule has 2 aromatic rings. The molecule has 1 amide bonds. The van der Waals surface area contributed by atoms with E-state index in [2.05, 4.69) is 28.6 Å². The fourth-order valence-electron chi connectivity index (χ4n) is 1.93. The number of thiazole rings is 1. The van der Waals surface area contributed by atoms with Crippen molar-refractivity contribution in [3.8, 4) is 0 Å². The fourth-order valence-corrected chi connectivity index (χ4v) is 2.89. The Morgan fingerprint density at radius 2 is 2.05 bits per heavy atom. The zero-order chi connectivity index (χ0) is 14.2. The molecule has 2 rings (SSSR count). The second-order valence-corrected chi connectivity index (χ2v) is 5.79. The Bertz CT molecular complexity index is 526. The minimum atomic E-state index is 0. The third-order valence-corrected chi connectivity index (χ3v) is 4.05. The van der Waals surface area contributed by atoms with Gasteiger partial charge in [-0.3, -0.25) is 4.79 Å². The smallest absolute Gasteiger partial charge is 0.220 e. The lowest BCUT2D eigenvalue weighted by Gasteiger charge is -2.05. The van der Waals surface area contributed by atoms with Crippen LogP contribution in [0, 0.1) is 0 Å². The van der Waals surface area contributed by atoms with Crippen molar-refractivity contribution in [3.63, 3.8) is 0 Å². The molecule has 0 radical (unpaired) electrons. The number of hydrogen-bond acceptors (Lipinski definition) is 4. The highest BCUT2D eigenvalue weighted by molar-refractivity contribution is 7.18. The summed E-state index contributed by atoms with van der Waals surface area (Å²) < 4.78 is 1.19. The van der Waals surface area contributed by atoms with E-state index < -0.39 is 0 Å². The number of para-hydroxylation sites is 1. The van der Waals surface area contributed by atoms with Gasteiger partial charge < -0.3 is 10.6 Å². The lowest BCUT2D eigenvalue weighted by molar-refractivity contribution is -0.121. The maximum Gasteiger partial charge on any atom is 0.220 e. The summed E-state index contributed by atoms with van der Waals surface area (Å²) in [7, 11) is 0. The summed E-state index contributed by atoms with van der Waals surface area (Å²) in [6, 6.07) is 8.08. The number of nitrogens with zero attached hydrogens (tertiary/aromatic N) is 1. The molecule has 0 aliphatic carbocycles. The van der Waals surface area contributed by atoms with Gasteiger partial charge >= 0.3 is 0 Å². The van der Waals surface area contributed by atoms with Crippen molar-refractivity contribution in [3.05, 3.63) is 29.3 Å². The number of aryl methyl sites for hydroxylation is 1. The molecule has 0 unspecified atom stereocenters. The topological polar surface area (TPSA) is 54.0 Å². The number of carbonyl (C=O) groups excluding carboxylic acids is 1. The highest BCUT2D eigenvalue weighted by atomic mass is 35.5. The molecule has 0 saturated carbocycles. The second-order valence-electron chi connectivity index (χ2n) is 4.68. The number of aromatic nitrogens is 1. The van der Waals surface area contributed by atoms with Gasteiger partial charge in [0.25, 0.3) is 0 Å². The molecular formula is C15H22ClN3OS. The first-order valence-electron chi connectivity index (χ1n) is 7.11. The molecule has 0 aliphatic heterocycles. The average molecular weight is 328 g/mol. The van der Waals surface area contributed by atoms with Crippen molar-refractivity contribution in [2.45, 2.75) is 26.2 Å².